The third-order valence-corrected chi connectivity index (χ3v) is 6.71. The van der Waals surface area contributed by atoms with Crippen LogP contribution in [0.4, 0.5) is 0 Å². The average molecular weight is 323 g/mol. The van der Waals surface area contributed by atoms with Gasteiger partial charge in [-0.3, -0.25) is 0 Å². The molecule has 2 saturated carbocycles. The fraction of sp³-hybridized carbons (Fsp3) is 1.00. The van der Waals surface area contributed by atoms with Gasteiger partial charge in [0.25, 0.3) is 0 Å². The van der Waals surface area contributed by atoms with Gasteiger partial charge in [0.05, 0.1) is 6.10 Å². The molecule has 0 aromatic rings. The summed E-state index contributed by atoms with van der Waals surface area (Å²) in [6, 6.07) is 0. The molecule has 2 rings (SSSR count). The maximum absolute atomic E-state index is 6.16. The van der Waals surface area contributed by atoms with Crippen molar-refractivity contribution in [1.82, 2.24) is 0 Å². The van der Waals surface area contributed by atoms with Crippen molar-refractivity contribution in [3.8, 4) is 0 Å². The standard InChI is InChI=1S/C22H42O/c1-3-5-6-7-8-9-18-23-22-16-14-21(15-17-22)20-12-10-19(4-2)11-13-20/h19-22H,3-18H2,1-2H3/t19-,20-,21-,22-. The van der Waals surface area contributed by atoms with E-state index < -0.39 is 0 Å². The molecule has 0 unspecified atom stereocenters. The summed E-state index contributed by atoms with van der Waals surface area (Å²) in [5.74, 6) is 3.13. The third-order valence-electron chi connectivity index (χ3n) is 6.71. The Bertz CT molecular complexity index is 272. The summed E-state index contributed by atoms with van der Waals surface area (Å²) in [5, 5.41) is 0. The Kier molecular flexibility index (Phi) is 9.65. The van der Waals surface area contributed by atoms with Crippen molar-refractivity contribution in [2.75, 3.05) is 6.61 Å². The number of hydrogen-bond acceptors (Lipinski definition) is 1. The van der Waals surface area contributed by atoms with Crippen LogP contribution in [0, 0.1) is 17.8 Å². The van der Waals surface area contributed by atoms with Gasteiger partial charge in [0, 0.05) is 6.61 Å². The van der Waals surface area contributed by atoms with Crippen LogP contribution in [-0.2, 0) is 4.74 Å². The largest absolute Gasteiger partial charge is 0.378 e. The van der Waals surface area contributed by atoms with Crippen molar-refractivity contribution in [3.05, 3.63) is 0 Å². The van der Waals surface area contributed by atoms with Crippen LogP contribution < -0.4 is 0 Å². The molecule has 0 amide bonds. The molecule has 0 radical (unpaired) electrons. The fourth-order valence-electron chi connectivity index (χ4n) is 4.93. The van der Waals surface area contributed by atoms with E-state index in [-0.39, 0.29) is 0 Å². The lowest BCUT2D eigenvalue weighted by molar-refractivity contribution is 0.00536. The minimum atomic E-state index is 0.592. The predicted octanol–water partition coefficient (Wildman–Crippen LogP) is 7.14. The Morgan fingerprint density at radius 3 is 1.83 bits per heavy atom. The SMILES string of the molecule is CCCCCCCCO[C@H]1CC[C@H]([C@H]2CC[C@H](CC)CC2)CC1. The average Bonchev–Trinajstić information content (AvgIpc) is 2.61. The molecule has 23 heavy (non-hydrogen) atoms. The van der Waals surface area contributed by atoms with Crippen molar-refractivity contribution < 1.29 is 4.74 Å². The molecule has 0 N–H and O–H groups in total. The van der Waals surface area contributed by atoms with E-state index >= 15 is 0 Å². The molecule has 0 saturated heterocycles. The van der Waals surface area contributed by atoms with E-state index in [4.69, 9.17) is 4.74 Å². The van der Waals surface area contributed by atoms with Crippen LogP contribution >= 0.6 is 0 Å². The van der Waals surface area contributed by atoms with Crippen LogP contribution in [-0.4, -0.2) is 12.7 Å². The molecule has 0 heterocycles. The molecule has 0 aliphatic heterocycles. The second-order valence-corrected chi connectivity index (χ2v) is 8.36. The number of unbranched alkanes of at least 4 members (excludes halogenated alkanes) is 5. The topological polar surface area (TPSA) is 9.23 Å². The van der Waals surface area contributed by atoms with E-state index in [9.17, 15) is 0 Å². The lowest BCUT2D eigenvalue weighted by atomic mass is 9.70. The smallest absolute Gasteiger partial charge is 0.0575 e. The van der Waals surface area contributed by atoms with Crippen molar-refractivity contribution >= 4 is 0 Å². The maximum Gasteiger partial charge on any atom is 0.0575 e. The van der Waals surface area contributed by atoms with E-state index in [1.165, 1.54) is 96.3 Å². The van der Waals surface area contributed by atoms with Gasteiger partial charge in [-0.1, -0.05) is 65.2 Å². The highest BCUT2D eigenvalue weighted by molar-refractivity contribution is 4.82. The molecule has 1 nitrogen and oxygen atoms in total. The van der Waals surface area contributed by atoms with E-state index in [0.29, 0.717) is 6.10 Å². The van der Waals surface area contributed by atoms with E-state index in [1.807, 2.05) is 0 Å². The summed E-state index contributed by atoms with van der Waals surface area (Å²) in [6.07, 6.45) is 21.9. The number of rotatable bonds is 10. The molecule has 0 atom stereocenters. The van der Waals surface area contributed by atoms with Crippen molar-refractivity contribution in [2.24, 2.45) is 17.8 Å². The van der Waals surface area contributed by atoms with Crippen LogP contribution in [0.5, 0.6) is 0 Å². The van der Waals surface area contributed by atoms with Crippen molar-refractivity contribution in [1.29, 1.82) is 0 Å². The molecular weight excluding hydrogens is 280 g/mol. The van der Waals surface area contributed by atoms with E-state index in [0.717, 1.165) is 24.4 Å². The highest BCUT2D eigenvalue weighted by atomic mass is 16.5. The zero-order valence-electron chi connectivity index (χ0n) is 16.0. The summed E-state index contributed by atoms with van der Waals surface area (Å²) in [4.78, 5) is 0. The number of ether oxygens (including phenoxy) is 1. The molecule has 136 valence electrons. The van der Waals surface area contributed by atoms with Crippen LogP contribution in [0.15, 0.2) is 0 Å². The van der Waals surface area contributed by atoms with Gasteiger partial charge < -0.3 is 4.74 Å². The zero-order chi connectivity index (χ0) is 16.3. The monoisotopic (exact) mass is 322 g/mol. The van der Waals surface area contributed by atoms with Gasteiger partial charge in [-0.2, -0.15) is 0 Å². The van der Waals surface area contributed by atoms with Crippen LogP contribution in [0.2, 0.25) is 0 Å². The Balaban J connectivity index is 1.49. The van der Waals surface area contributed by atoms with E-state index in [2.05, 4.69) is 13.8 Å². The predicted molar refractivity (Wildman–Crippen MR) is 101 cm³/mol. The highest BCUT2D eigenvalue weighted by Crippen LogP contribution is 2.41. The summed E-state index contributed by atoms with van der Waals surface area (Å²) < 4.78 is 6.16. The molecule has 0 bridgehead atoms. The van der Waals surface area contributed by atoms with E-state index in [1.54, 1.807) is 0 Å². The minimum Gasteiger partial charge on any atom is -0.378 e. The summed E-state index contributed by atoms with van der Waals surface area (Å²) in [5.41, 5.74) is 0. The highest BCUT2D eigenvalue weighted by Gasteiger charge is 2.30. The Morgan fingerprint density at radius 1 is 0.652 bits per heavy atom. The molecule has 0 aromatic carbocycles. The third kappa shape index (κ3) is 7.16. The normalized spacial score (nSPS) is 32.1. The minimum absolute atomic E-state index is 0.592. The second-order valence-electron chi connectivity index (χ2n) is 8.36. The lowest BCUT2D eigenvalue weighted by Gasteiger charge is -2.37. The van der Waals surface area contributed by atoms with Crippen molar-refractivity contribution in [3.63, 3.8) is 0 Å². The van der Waals surface area contributed by atoms with Crippen LogP contribution in [0.25, 0.3) is 0 Å². The molecule has 1 heteroatoms. The Labute approximate surface area is 146 Å². The maximum atomic E-state index is 6.16. The van der Waals surface area contributed by atoms with Gasteiger partial charge in [-0.25, -0.2) is 0 Å². The first-order valence-corrected chi connectivity index (χ1v) is 10.9. The molecular formula is C22H42O. The van der Waals surface area contributed by atoms with Gasteiger partial charge in [0.2, 0.25) is 0 Å². The second kappa shape index (κ2) is 11.5. The first-order valence-electron chi connectivity index (χ1n) is 10.9. The van der Waals surface area contributed by atoms with Gasteiger partial charge >= 0.3 is 0 Å². The summed E-state index contributed by atoms with van der Waals surface area (Å²) in [7, 11) is 0. The zero-order valence-corrected chi connectivity index (χ0v) is 16.0. The van der Waals surface area contributed by atoms with Gasteiger partial charge in [-0.15, -0.1) is 0 Å². The van der Waals surface area contributed by atoms with Crippen LogP contribution in [0.1, 0.15) is 110 Å². The molecule has 2 aliphatic rings. The molecule has 2 aliphatic carbocycles. The molecule has 0 aromatic heterocycles. The first kappa shape index (κ1) is 19.3. The fourth-order valence-corrected chi connectivity index (χ4v) is 4.93. The molecule has 0 spiro atoms. The summed E-state index contributed by atoms with van der Waals surface area (Å²) in [6.45, 7) is 5.68. The number of hydrogen-bond donors (Lipinski definition) is 0. The van der Waals surface area contributed by atoms with Gasteiger partial charge in [0.15, 0.2) is 0 Å². The Hall–Kier alpha value is -0.0400. The van der Waals surface area contributed by atoms with Crippen LogP contribution in [0.3, 0.4) is 0 Å². The molecule has 2 fully saturated rings. The quantitative estimate of drug-likeness (QED) is 0.388. The van der Waals surface area contributed by atoms with Gasteiger partial charge in [-0.05, 0) is 62.7 Å². The Morgan fingerprint density at radius 2 is 1.22 bits per heavy atom. The van der Waals surface area contributed by atoms with Crippen molar-refractivity contribution in [2.45, 2.75) is 116 Å². The lowest BCUT2D eigenvalue weighted by Crippen LogP contribution is -2.28. The summed E-state index contributed by atoms with van der Waals surface area (Å²) >= 11 is 0. The van der Waals surface area contributed by atoms with Gasteiger partial charge in [0.1, 0.15) is 0 Å². The first-order chi connectivity index (χ1) is 11.3.